The molecule has 1 N–H and O–H groups in total. The number of benzene rings is 1. The molecule has 0 amide bonds. The SMILES string of the molecule is CC(NCCOc1ccccc1)C(C)(C)C. The van der Waals surface area contributed by atoms with Crippen LogP contribution in [0.2, 0.25) is 0 Å². The minimum atomic E-state index is 0.298. The quantitative estimate of drug-likeness (QED) is 0.771. The number of hydrogen-bond donors (Lipinski definition) is 1. The summed E-state index contributed by atoms with van der Waals surface area (Å²) in [6, 6.07) is 10.4. The summed E-state index contributed by atoms with van der Waals surface area (Å²) in [6.45, 7) is 10.5. The van der Waals surface area contributed by atoms with Gasteiger partial charge in [0, 0.05) is 12.6 Å². The number of ether oxygens (including phenoxy) is 1. The first-order valence-electron chi connectivity index (χ1n) is 5.91. The van der Waals surface area contributed by atoms with E-state index in [-0.39, 0.29) is 0 Å². The Balaban J connectivity index is 2.18. The van der Waals surface area contributed by atoms with Gasteiger partial charge in [-0.3, -0.25) is 0 Å². The maximum atomic E-state index is 5.61. The van der Waals surface area contributed by atoms with Crippen molar-refractivity contribution in [2.75, 3.05) is 13.2 Å². The van der Waals surface area contributed by atoms with Gasteiger partial charge in [0.25, 0.3) is 0 Å². The lowest BCUT2D eigenvalue weighted by Crippen LogP contribution is -2.39. The second kappa shape index (κ2) is 5.90. The highest BCUT2D eigenvalue weighted by atomic mass is 16.5. The van der Waals surface area contributed by atoms with Gasteiger partial charge in [0.05, 0.1) is 0 Å². The summed E-state index contributed by atoms with van der Waals surface area (Å²) in [5, 5.41) is 3.47. The fourth-order valence-electron chi connectivity index (χ4n) is 1.27. The summed E-state index contributed by atoms with van der Waals surface area (Å²) in [5.41, 5.74) is 0.298. The highest BCUT2D eigenvalue weighted by Gasteiger charge is 2.18. The van der Waals surface area contributed by atoms with E-state index >= 15 is 0 Å². The van der Waals surface area contributed by atoms with Gasteiger partial charge in [-0.1, -0.05) is 39.0 Å². The molecule has 1 aromatic rings. The molecule has 0 aliphatic heterocycles. The maximum absolute atomic E-state index is 5.61. The van der Waals surface area contributed by atoms with E-state index in [1.54, 1.807) is 0 Å². The lowest BCUT2D eigenvalue weighted by Gasteiger charge is -2.28. The Labute approximate surface area is 99.0 Å². The maximum Gasteiger partial charge on any atom is 0.119 e. The lowest BCUT2D eigenvalue weighted by molar-refractivity contribution is 0.254. The Hall–Kier alpha value is -1.02. The van der Waals surface area contributed by atoms with E-state index in [0.717, 1.165) is 12.3 Å². The van der Waals surface area contributed by atoms with E-state index < -0.39 is 0 Å². The van der Waals surface area contributed by atoms with Crippen LogP contribution in [-0.4, -0.2) is 19.2 Å². The first kappa shape index (κ1) is 13.0. The first-order valence-corrected chi connectivity index (χ1v) is 5.91. The van der Waals surface area contributed by atoms with Gasteiger partial charge in [-0.2, -0.15) is 0 Å². The zero-order valence-corrected chi connectivity index (χ0v) is 10.8. The highest BCUT2D eigenvalue weighted by molar-refractivity contribution is 5.20. The number of nitrogens with one attached hydrogen (secondary N) is 1. The Morgan fingerprint density at radius 3 is 2.38 bits per heavy atom. The fraction of sp³-hybridized carbons (Fsp3) is 0.571. The van der Waals surface area contributed by atoms with Gasteiger partial charge in [-0.15, -0.1) is 0 Å². The molecule has 0 saturated heterocycles. The monoisotopic (exact) mass is 221 g/mol. The molecule has 0 fully saturated rings. The molecule has 90 valence electrons. The van der Waals surface area contributed by atoms with Crippen LogP contribution in [0.25, 0.3) is 0 Å². The van der Waals surface area contributed by atoms with Crippen molar-refractivity contribution in [3.63, 3.8) is 0 Å². The summed E-state index contributed by atoms with van der Waals surface area (Å²) in [4.78, 5) is 0. The van der Waals surface area contributed by atoms with Crippen LogP contribution in [0.1, 0.15) is 27.7 Å². The molecule has 0 aliphatic rings. The van der Waals surface area contributed by atoms with E-state index in [9.17, 15) is 0 Å². The van der Waals surface area contributed by atoms with Crippen molar-refractivity contribution in [1.29, 1.82) is 0 Å². The molecular weight excluding hydrogens is 198 g/mol. The topological polar surface area (TPSA) is 21.3 Å². The zero-order chi connectivity index (χ0) is 12.0. The summed E-state index contributed by atoms with van der Waals surface area (Å²) < 4.78 is 5.61. The molecule has 1 aromatic carbocycles. The lowest BCUT2D eigenvalue weighted by atomic mass is 9.88. The van der Waals surface area contributed by atoms with Gasteiger partial charge in [0.15, 0.2) is 0 Å². The second-order valence-corrected chi connectivity index (χ2v) is 5.20. The third kappa shape index (κ3) is 4.67. The Morgan fingerprint density at radius 1 is 1.19 bits per heavy atom. The molecule has 1 unspecified atom stereocenters. The fourth-order valence-corrected chi connectivity index (χ4v) is 1.27. The molecule has 2 nitrogen and oxygen atoms in total. The van der Waals surface area contributed by atoms with E-state index in [2.05, 4.69) is 33.0 Å². The average molecular weight is 221 g/mol. The van der Waals surface area contributed by atoms with Gasteiger partial charge in [-0.05, 0) is 24.5 Å². The second-order valence-electron chi connectivity index (χ2n) is 5.20. The molecule has 0 radical (unpaired) electrons. The minimum Gasteiger partial charge on any atom is -0.492 e. The van der Waals surface area contributed by atoms with Crippen LogP contribution < -0.4 is 10.1 Å². The van der Waals surface area contributed by atoms with Gasteiger partial charge < -0.3 is 10.1 Å². The van der Waals surface area contributed by atoms with E-state index in [1.807, 2.05) is 30.3 Å². The normalized spacial score (nSPS) is 13.5. The van der Waals surface area contributed by atoms with E-state index in [4.69, 9.17) is 4.74 Å². The van der Waals surface area contributed by atoms with Crippen LogP contribution in [0.5, 0.6) is 5.75 Å². The number of para-hydroxylation sites is 1. The van der Waals surface area contributed by atoms with Crippen LogP contribution in [0.3, 0.4) is 0 Å². The zero-order valence-electron chi connectivity index (χ0n) is 10.8. The average Bonchev–Trinajstić information content (AvgIpc) is 2.24. The Kier molecular flexibility index (Phi) is 4.81. The van der Waals surface area contributed by atoms with Crippen molar-refractivity contribution < 1.29 is 4.74 Å². The van der Waals surface area contributed by atoms with Crippen LogP contribution in [0.15, 0.2) is 30.3 Å². The molecule has 0 aliphatic carbocycles. The van der Waals surface area contributed by atoms with Crippen molar-refractivity contribution in [2.24, 2.45) is 5.41 Å². The van der Waals surface area contributed by atoms with Gasteiger partial charge in [-0.25, -0.2) is 0 Å². The van der Waals surface area contributed by atoms with Crippen LogP contribution in [0.4, 0.5) is 0 Å². The molecule has 1 rings (SSSR count). The van der Waals surface area contributed by atoms with E-state index in [1.165, 1.54) is 0 Å². The Bertz CT molecular complexity index is 289. The van der Waals surface area contributed by atoms with Crippen LogP contribution in [-0.2, 0) is 0 Å². The third-order valence-electron chi connectivity index (χ3n) is 2.86. The summed E-state index contributed by atoms with van der Waals surface area (Å²) >= 11 is 0. The van der Waals surface area contributed by atoms with Gasteiger partial charge >= 0.3 is 0 Å². The number of hydrogen-bond acceptors (Lipinski definition) is 2. The summed E-state index contributed by atoms with van der Waals surface area (Å²) in [7, 11) is 0. The molecule has 0 spiro atoms. The predicted octanol–water partition coefficient (Wildman–Crippen LogP) is 3.09. The molecule has 0 bridgehead atoms. The van der Waals surface area contributed by atoms with Crippen molar-refractivity contribution >= 4 is 0 Å². The molecule has 0 saturated carbocycles. The predicted molar refractivity (Wildman–Crippen MR) is 68.9 cm³/mol. The molecule has 16 heavy (non-hydrogen) atoms. The Morgan fingerprint density at radius 2 is 1.81 bits per heavy atom. The summed E-state index contributed by atoms with van der Waals surface area (Å²) in [5.74, 6) is 0.938. The van der Waals surface area contributed by atoms with Crippen molar-refractivity contribution in [3.8, 4) is 5.75 Å². The van der Waals surface area contributed by atoms with Crippen LogP contribution >= 0.6 is 0 Å². The standard InChI is InChI=1S/C14H23NO/c1-12(14(2,3)4)15-10-11-16-13-8-6-5-7-9-13/h5-9,12,15H,10-11H2,1-4H3. The molecule has 0 aromatic heterocycles. The number of rotatable bonds is 5. The van der Waals surface area contributed by atoms with Gasteiger partial charge in [0.2, 0.25) is 0 Å². The van der Waals surface area contributed by atoms with Crippen molar-refractivity contribution in [3.05, 3.63) is 30.3 Å². The molecular formula is C14H23NO. The largest absolute Gasteiger partial charge is 0.492 e. The molecule has 1 atom stereocenters. The minimum absolute atomic E-state index is 0.298. The first-order chi connectivity index (χ1) is 7.50. The third-order valence-corrected chi connectivity index (χ3v) is 2.86. The van der Waals surface area contributed by atoms with Crippen molar-refractivity contribution in [2.45, 2.75) is 33.7 Å². The highest BCUT2D eigenvalue weighted by Crippen LogP contribution is 2.18. The van der Waals surface area contributed by atoms with Crippen LogP contribution in [0, 0.1) is 5.41 Å². The van der Waals surface area contributed by atoms with Crippen molar-refractivity contribution in [1.82, 2.24) is 5.32 Å². The van der Waals surface area contributed by atoms with E-state index in [0.29, 0.717) is 18.1 Å². The molecule has 0 heterocycles. The summed E-state index contributed by atoms with van der Waals surface area (Å²) in [6.07, 6.45) is 0. The smallest absolute Gasteiger partial charge is 0.119 e. The van der Waals surface area contributed by atoms with Gasteiger partial charge in [0.1, 0.15) is 12.4 Å². The molecule has 2 heteroatoms.